The summed E-state index contributed by atoms with van der Waals surface area (Å²) in [7, 11) is 1.14. The fourth-order valence-corrected chi connectivity index (χ4v) is 0.803. The van der Waals surface area contributed by atoms with E-state index < -0.39 is 30.0 Å². The Labute approximate surface area is 111 Å². The predicted octanol–water partition coefficient (Wildman–Crippen LogP) is 0.112. The van der Waals surface area contributed by atoms with Crippen LogP contribution in [0, 0.1) is 0 Å². The average Bonchev–Trinajstić information content (AvgIpc) is 2.35. The average molecular weight is 323 g/mol. The first-order valence-corrected chi connectivity index (χ1v) is 5.80. The second-order valence-electron chi connectivity index (χ2n) is 2.86. The van der Waals surface area contributed by atoms with Gasteiger partial charge in [-0.15, -0.1) is 0 Å². The molecule has 0 saturated carbocycles. The molecular formula is C10H11BrO7. The summed E-state index contributed by atoms with van der Waals surface area (Å²) in [6, 6.07) is 0. The molecule has 0 aromatic carbocycles. The zero-order chi connectivity index (χ0) is 14.1. The van der Waals surface area contributed by atoms with Crippen molar-refractivity contribution in [3.8, 4) is 0 Å². The molecule has 0 aromatic heterocycles. The van der Waals surface area contributed by atoms with E-state index in [1.165, 1.54) is 6.92 Å². The standard InChI is InChI=1S/C10H11BrO7/c1-6(10(15)18-9(14)5-11)17-8(13)4-3-7(12)16-2/h3-4,6H,5H2,1-2H3/b4-3+. The minimum atomic E-state index is -1.26. The molecule has 0 spiro atoms. The molecule has 0 amide bonds. The summed E-state index contributed by atoms with van der Waals surface area (Å²) in [4.78, 5) is 43.7. The fraction of sp³-hybridized carbons (Fsp3) is 0.400. The lowest BCUT2D eigenvalue weighted by Gasteiger charge is -2.09. The number of hydrogen-bond donors (Lipinski definition) is 0. The highest BCUT2D eigenvalue weighted by atomic mass is 79.9. The van der Waals surface area contributed by atoms with Crippen molar-refractivity contribution < 1.29 is 33.4 Å². The quantitative estimate of drug-likeness (QED) is 0.233. The molecule has 1 atom stereocenters. The monoisotopic (exact) mass is 322 g/mol. The van der Waals surface area contributed by atoms with Gasteiger partial charge in [0, 0.05) is 12.2 Å². The van der Waals surface area contributed by atoms with Gasteiger partial charge in [0.15, 0.2) is 6.10 Å². The van der Waals surface area contributed by atoms with Gasteiger partial charge in [-0.3, -0.25) is 4.79 Å². The Balaban J connectivity index is 4.22. The molecule has 0 fully saturated rings. The molecule has 0 bridgehead atoms. The van der Waals surface area contributed by atoms with Crippen LogP contribution in [-0.4, -0.2) is 42.4 Å². The number of hydrogen-bond acceptors (Lipinski definition) is 7. The molecule has 0 saturated heterocycles. The minimum Gasteiger partial charge on any atom is -0.466 e. The zero-order valence-electron chi connectivity index (χ0n) is 9.67. The van der Waals surface area contributed by atoms with E-state index >= 15 is 0 Å². The van der Waals surface area contributed by atoms with E-state index in [0.717, 1.165) is 19.3 Å². The Bertz CT molecular complexity index is 374. The number of rotatable bonds is 5. The SMILES string of the molecule is COC(=O)/C=C/C(=O)OC(C)C(=O)OC(=O)CBr. The van der Waals surface area contributed by atoms with Gasteiger partial charge in [0.05, 0.1) is 7.11 Å². The molecule has 0 radical (unpaired) electrons. The molecule has 1 unspecified atom stereocenters. The van der Waals surface area contributed by atoms with Crippen LogP contribution in [0.1, 0.15) is 6.92 Å². The first kappa shape index (κ1) is 16.3. The third kappa shape index (κ3) is 6.79. The van der Waals surface area contributed by atoms with Crippen molar-refractivity contribution in [2.45, 2.75) is 13.0 Å². The normalized spacial score (nSPS) is 11.7. The number of halogens is 1. The maximum absolute atomic E-state index is 11.2. The van der Waals surface area contributed by atoms with Crippen molar-refractivity contribution >= 4 is 39.8 Å². The van der Waals surface area contributed by atoms with Crippen molar-refractivity contribution in [2.24, 2.45) is 0 Å². The smallest absolute Gasteiger partial charge is 0.354 e. The van der Waals surface area contributed by atoms with Crippen LogP contribution >= 0.6 is 15.9 Å². The van der Waals surface area contributed by atoms with Gasteiger partial charge in [-0.2, -0.15) is 0 Å². The first-order valence-electron chi connectivity index (χ1n) is 4.67. The topological polar surface area (TPSA) is 96.0 Å². The van der Waals surface area contributed by atoms with Crippen LogP contribution in [0.4, 0.5) is 0 Å². The van der Waals surface area contributed by atoms with Crippen molar-refractivity contribution in [3.05, 3.63) is 12.2 Å². The number of alkyl halides is 1. The molecule has 7 nitrogen and oxygen atoms in total. The van der Waals surface area contributed by atoms with Crippen molar-refractivity contribution in [1.29, 1.82) is 0 Å². The Kier molecular flexibility index (Phi) is 7.61. The second kappa shape index (κ2) is 8.40. The Morgan fingerprint density at radius 3 is 2.22 bits per heavy atom. The van der Waals surface area contributed by atoms with Crippen LogP contribution in [0.25, 0.3) is 0 Å². The summed E-state index contributed by atoms with van der Waals surface area (Å²) in [6.07, 6.45) is 0.370. The summed E-state index contributed by atoms with van der Waals surface area (Å²) in [5.74, 6) is -3.47. The molecular weight excluding hydrogens is 312 g/mol. The fourth-order valence-electron chi connectivity index (χ4n) is 0.688. The highest BCUT2D eigenvalue weighted by molar-refractivity contribution is 9.09. The lowest BCUT2D eigenvalue weighted by Crippen LogP contribution is -2.28. The van der Waals surface area contributed by atoms with Gasteiger partial charge in [0.25, 0.3) is 0 Å². The third-order valence-electron chi connectivity index (χ3n) is 1.51. The molecule has 0 rings (SSSR count). The molecule has 0 aliphatic rings. The second-order valence-corrected chi connectivity index (χ2v) is 3.42. The first-order chi connectivity index (χ1) is 8.40. The molecule has 100 valence electrons. The van der Waals surface area contributed by atoms with Crippen molar-refractivity contribution in [2.75, 3.05) is 12.4 Å². The molecule has 0 aliphatic carbocycles. The zero-order valence-corrected chi connectivity index (χ0v) is 11.3. The van der Waals surface area contributed by atoms with Gasteiger partial charge in [-0.1, -0.05) is 15.9 Å². The number of ether oxygens (including phenoxy) is 3. The number of carbonyl (C=O) groups is 4. The summed E-state index contributed by atoms with van der Waals surface area (Å²) in [5, 5.41) is -0.151. The molecule has 8 heteroatoms. The lowest BCUT2D eigenvalue weighted by atomic mass is 10.4. The largest absolute Gasteiger partial charge is 0.466 e. The minimum absolute atomic E-state index is 0.151. The predicted molar refractivity (Wildman–Crippen MR) is 61.6 cm³/mol. The maximum Gasteiger partial charge on any atom is 0.354 e. The number of carbonyl (C=O) groups excluding carboxylic acids is 4. The van der Waals surface area contributed by atoms with E-state index in [1.54, 1.807) is 0 Å². The van der Waals surface area contributed by atoms with Crippen LogP contribution in [0.2, 0.25) is 0 Å². The van der Waals surface area contributed by atoms with Crippen LogP contribution < -0.4 is 0 Å². The van der Waals surface area contributed by atoms with Gasteiger partial charge in [-0.05, 0) is 6.92 Å². The number of esters is 4. The van der Waals surface area contributed by atoms with Gasteiger partial charge < -0.3 is 14.2 Å². The summed E-state index contributed by atoms with van der Waals surface area (Å²) >= 11 is 2.79. The molecule has 0 aromatic rings. The molecule has 0 aliphatic heterocycles. The Morgan fingerprint density at radius 2 is 1.72 bits per heavy atom. The highest BCUT2D eigenvalue weighted by Crippen LogP contribution is 1.98. The van der Waals surface area contributed by atoms with Gasteiger partial charge >= 0.3 is 23.9 Å². The van der Waals surface area contributed by atoms with Crippen LogP contribution in [0.3, 0.4) is 0 Å². The summed E-state index contributed by atoms with van der Waals surface area (Å²) < 4.78 is 13.1. The van der Waals surface area contributed by atoms with Crippen molar-refractivity contribution in [1.82, 2.24) is 0 Å². The van der Waals surface area contributed by atoms with E-state index in [2.05, 4.69) is 30.1 Å². The van der Waals surface area contributed by atoms with Crippen LogP contribution in [0.5, 0.6) is 0 Å². The Morgan fingerprint density at radius 1 is 1.17 bits per heavy atom. The van der Waals surface area contributed by atoms with Crippen molar-refractivity contribution in [3.63, 3.8) is 0 Å². The lowest BCUT2D eigenvalue weighted by molar-refractivity contribution is -0.170. The van der Waals surface area contributed by atoms with Gasteiger partial charge in [0.2, 0.25) is 0 Å². The van der Waals surface area contributed by atoms with Crippen LogP contribution in [0.15, 0.2) is 12.2 Å². The van der Waals surface area contributed by atoms with Gasteiger partial charge in [0.1, 0.15) is 5.33 Å². The maximum atomic E-state index is 11.2. The van der Waals surface area contributed by atoms with E-state index in [9.17, 15) is 19.2 Å². The van der Waals surface area contributed by atoms with E-state index in [4.69, 9.17) is 0 Å². The number of methoxy groups -OCH3 is 1. The van der Waals surface area contributed by atoms with Crippen LogP contribution in [-0.2, 0) is 33.4 Å². The summed E-state index contributed by atoms with van der Waals surface area (Å²) in [6.45, 7) is 1.23. The molecule has 0 heterocycles. The highest BCUT2D eigenvalue weighted by Gasteiger charge is 2.20. The summed E-state index contributed by atoms with van der Waals surface area (Å²) in [5.41, 5.74) is 0. The van der Waals surface area contributed by atoms with E-state index in [1.807, 2.05) is 0 Å². The van der Waals surface area contributed by atoms with Gasteiger partial charge in [-0.25, -0.2) is 14.4 Å². The van der Waals surface area contributed by atoms with E-state index in [-0.39, 0.29) is 5.33 Å². The van der Waals surface area contributed by atoms with E-state index in [0.29, 0.717) is 0 Å². The Hall–Kier alpha value is -1.70. The molecule has 0 N–H and O–H groups in total. The third-order valence-corrected chi connectivity index (χ3v) is 1.96. The molecule has 18 heavy (non-hydrogen) atoms.